The first-order valence-electron chi connectivity index (χ1n) is 5.38. The quantitative estimate of drug-likeness (QED) is 0.361. The van der Waals surface area contributed by atoms with Crippen molar-refractivity contribution in [1.82, 2.24) is 0 Å². The summed E-state index contributed by atoms with van der Waals surface area (Å²) in [5, 5.41) is 11.0. The number of aromatic nitrogens is 1. The summed E-state index contributed by atoms with van der Waals surface area (Å²) < 4.78 is 49.6. The van der Waals surface area contributed by atoms with Crippen molar-refractivity contribution < 1.29 is 14.3 Å². The standard InChI is InChI=1S/C6H7NO/c1-6-2-4-7(8)5-3-6/h2-5H,1H3/i1D3,2D,3D,4D,5D. The Bertz CT molecular complexity index is 384. The van der Waals surface area contributed by atoms with Gasteiger partial charge >= 0.3 is 0 Å². The molecule has 0 aliphatic rings. The Hall–Kier alpha value is -1.05. The van der Waals surface area contributed by atoms with Crippen LogP contribution in [0, 0.1) is 12.1 Å². The minimum atomic E-state index is -2.77. The second-order valence-corrected chi connectivity index (χ2v) is 1.14. The maximum atomic E-state index is 11.0. The van der Waals surface area contributed by atoms with Crippen molar-refractivity contribution in [3.05, 3.63) is 35.2 Å². The summed E-state index contributed by atoms with van der Waals surface area (Å²) >= 11 is 0. The molecule has 1 rings (SSSR count). The Balaban J connectivity index is 3.68. The molecule has 8 heavy (non-hydrogen) atoms. The zero-order valence-corrected chi connectivity index (χ0v) is 3.86. The van der Waals surface area contributed by atoms with Crippen molar-refractivity contribution in [3.63, 3.8) is 0 Å². The van der Waals surface area contributed by atoms with E-state index in [0.717, 1.165) is 0 Å². The number of pyridine rings is 1. The monoisotopic (exact) mass is 116 g/mol. The molecule has 0 fully saturated rings. The average molecular weight is 116 g/mol. The summed E-state index contributed by atoms with van der Waals surface area (Å²) in [6.07, 6.45) is -1.86. The fourth-order valence-electron chi connectivity index (χ4n) is 0.273. The van der Waals surface area contributed by atoms with Gasteiger partial charge in [0.05, 0.1) is 2.74 Å². The van der Waals surface area contributed by atoms with Crippen LogP contribution in [0.1, 0.15) is 15.2 Å². The number of hydrogen-bond acceptors (Lipinski definition) is 1. The third-order valence-corrected chi connectivity index (χ3v) is 0.565. The maximum Gasteiger partial charge on any atom is 0.180 e. The molecule has 0 spiro atoms. The van der Waals surface area contributed by atoms with Crippen LogP contribution in [-0.4, -0.2) is 0 Å². The van der Waals surface area contributed by atoms with E-state index in [4.69, 9.17) is 9.60 Å². The summed E-state index contributed by atoms with van der Waals surface area (Å²) in [4.78, 5) is 0. The number of rotatable bonds is 0. The molecule has 0 aromatic carbocycles. The molecule has 0 unspecified atom stereocenters. The van der Waals surface area contributed by atoms with Crippen LogP contribution in [0.5, 0.6) is 0 Å². The lowest BCUT2D eigenvalue weighted by Crippen LogP contribution is -2.23. The first kappa shape index (κ1) is 1.26. The van der Waals surface area contributed by atoms with Crippen LogP contribution in [0.4, 0.5) is 0 Å². The van der Waals surface area contributed by atoms with Crippen molar-refractivity contribution in [2.75, 3.05) is 0 Å². The van der Waals surface area contributed by atoms with Gasteiger partial charge in [0.1, 0.15) is 2.74 Å². The summed E-state index contributed by atoms with van der Waals surface area (Å²) in [6.45, 7) is -2.77. The Morgan fingerprint density at radius 2 is 2.38 bits per heavy atom. The van der Waals surface area contributed by atoms with Gasteiger partial charge in [0.25, 0.3) is 0 Å². The van der Waals surface area contributed by atoms with E-state index in [2.05, 4.69) is 0 Å². The third kappa shape index (κ3) is 0.964. The molecule has 1 heterocycles. The minimum Gasteiger partial charge on any atom is -0.619 e. The molecule has 0 radical (unpaired) electrons. The molecule has 0 aliphatic heterocycles. The second-order valence-electron chi connectivity index (χ2n) is 1.14. The molecule has 0 aliphatic carbocycles. The maximum absolute atomic E-state index is 11.0. The zero-order valence-electron chi connectivity index (χ0n) is 10.9. The van der Waals surface area contributed by atoms with Crippen molar-refractivity contribution in [2.24, 2.45) is 0 Å². The fraction of sp³-hybridized carbons (Fsp3) is 0.167. The van der Waals surface area contributed by atoms with Crippen LogP contribution >= 0.6 is 0 Å². The van der Waals surface area contributed by atoms with Crippen LogP contribution in [0.3, 0.4) is 0 Å². The van der Waals surface area contributed by atoms with Gasteiger partial charge in [-0.2, -0.15) is 4.73 Å². The van der Waals surface area contributed by atoms with Gasteiger partial charge < -0.3 is 5.21 Å². The zero-order chi connectivity index (χ0) is 12.0. The molecule has 0 N–H and O–H groups in total. The average Bonchev–Trinajstić information content (AvgIpc) is 2.09. The van der Waals surface area contributed by atoms with E-state index in [9.17, 15) is 5.21 Å². The third-order valence-electron chi connectivity index (χ3n) is 0.565. The normalized spacial score (nSPS) is 23.2. The highest BCUT2D eigenvalue weighted by molar-refractivity contribution is 5.03. The fourth-order valence-corrected chi connectivity index (χ4v) is 0.273. The highest BCUT2D eigenvalue weighted by atomic mass is 16.5. The van der Waals surface area contributed by atoms with Crippen LogP contribution in [-0.2, 0) is 0 Å². The van der Waals surface area contributed by atoms with Crippen molar-refractivity contribution in [2.45, 2.75) is 6.85 Å². The lowest BCUT2D eigenvalue weighted by atomic mass is 10.3. The van der Waals surface area contributed by atoms with Gasteiger partial charge in [-0.05, 0) is 12.4 Å². The van der Waals surface area contributed by atoms with E-state index in [1.807, 2.05) is 0 Å². The number of hydrogen-bond donors (Lipinski definition) is 0. The Morgan fingerprint density at radius 3 is 2.88 bits per heavy atom. The van der Waals surface area contributed by atoms with Crippen LogP contribution < -0.4 is 4.73 Å². The molecule has 0 atom stereocenters. The van der Waals surface area contributed by atoms with Gasteiger partial charge in [0, 0.05) is 16.2 Å². The Morgan fingerprint density at radius 1 is 1.75 bits per heavy atom. The molecule has 2 nitrogen and oxygen atoms in total. The second kappa shape index (κ2) is 1.82. The van der Waals surface area contributed by atoms with Gasteiger partial charge in [0.2, 0.25) is 0 Å². The van der Waals surface area contributed by atoms with E-state index >= 15 is 0 Å². The van der Waals surface area contributed by atoms with E-state index in [1.165, 1.54) is 0 Å². The predicted octanol–water partition coefficient (Wildman–Crippen LogP) is 0.628. The first-order valence-corrected chi connectivity index (χ1v) is 1.88. The Labute approximate surface area is 57.8 Å². The highest BCUT2D eigenvalue weighted by Crippen LogP contribution is 1.87. The van der Waals surface area contributed by atoms with Crippen LogP contribution in [0.25, 0.3) is 0 Å². The molecule has 0 bridgehead atoms. The summed E-state index contributed by atoms with van der Waals surface area (Å²) in [7, 11) is 0. The summed E-state index contributed by atoms with van der Waals surface area (Å²) in [5.41, 5.74) is -0.732. The topological polar surface area (TPSA) is 26.9 Å². The van der Waals surface area contributed by atoms with E-state index in [0.29, 0.717) is 0 Å². The molecule has 0 saturated carbocycles. The van der Waals surface area contributed by atoms with Gasteiger partial charge in [-0.25, -0.2) is 0 Å². The molecular formula is C6H7NO. The van der Waals surface area contributed by atoms with Gasteiger partial charge in [-0.15, -0.1) is 0 Å². The molecule has 2 heteroatoms. The molecule has 1 aromatic heterocycles. The number of nitrogens with zero attached hydrogens (tertiary/aromatic N) is 1. The summed E-state index contributed by atoms with van der Waals surface area (Å²) in [5.74, 6) is 0. The lowest BCUT2D eigenvalue weighted by molar-refractivity contribution is -0.605. The lowest BCUT2D eigenvalue weighted by Gasteiger charge is -1.92. The first-order chi connectivity index (χ1) is 6.68. The Kier molecular flexibility index (Phi) is 0.288. The highest BCUT2D eigenvalue weighted by Gasteiger charge is 1.83. The minimum absolute atomic E-state index is 0.250. The molecular weight excluding hydrogens is 102 g/mol. The molecule has 1 aromatic rings. The van der Waals surface area contributed by atoms with Crippen LogP contribution in [0.15, 0.2) is 24.4 Å². The van der Waals surface area contributed by atoms with E-state index < -0.39 is 36.8 Å². The predicted molar refractivity (Wildman–Crippen MR) is 30.1 cm³/mol. The summed E-state index contributed by atoms with van der Waals surface area (Å²) in [6, 6.07) is -1.66. The SMILES string of the molecule is [2H]c1c(C([2H])([2H])[2H])c([2H])c([2H])[n+]([O-])c1[2H]. The van der Waals surface area contributed by atoms with Gasteiger partial charge in [-0.3, -0.25) is 0 Å². The largest absolute Gasteiger partial charge is 0.619 e. The van der Waals surface area contributed by atoms with E-state index in [-0.39, 0.29) is 4.73 Å². The molecule has 0 amide bonds. The molecule has 42 valence electrons. The van der Waals surface area contributed by atoms with Crippen molar-refractivity contribution in [3.8, 4) is 0 Å². The smallest absolute Gasteiger partial charge is 0.180 e. The van der Waals surface area contributed by atoms with Crippen LogP contribution in [0.2, 0.25) is 0 Å². The van der Waals surface area contributed by atoms with Crippen molar-refractivity contribution >= 4 is 0 Å². The molecule has 0 saturated heterocycles. The van der Waals surface area contributed by atoms with Gasteiger partial charge in [-0.1, -0.05) is 0 Å². The van der Waals surface area contributed by atoms with Gasteiger partial charge in [0.15, 0.2) is 12.3 Å². The van der Waals surface area contributed by atoms with Crippen molar-refractivity contribution in [1.29, 1.82) is 0 Å². The van der Waals surface area contributed by atoms with E-state index in [1.54, 1.807) is 0 Å².